The standard InChI is InChI=1S/C11H9F3N2O/c12-11(13,14)9-4-2-1-3-8(9)10-7(5-15)6-16-17-10/h1-4,6H,5,15H2. The van der Waals surface area contributed by atoms with E-state index in [2.05, 4.69) is 5.16 Å². The van der Waals surface area contributed by atoms with Gasteiger partial charge in [0.1, 0.15) is 0 Å². The van der Waals surface area contributed by atoms with E-state index in [9.17, 15) is 13.2 Å². The van der Waals surface area contributed by atoms with Crippen LogP contribution in [0.4, 0.5) is 13.2 Å². The van der Waals surface area contributed by atoms with Gasteiger partial charge in [0.15, 0.2) is 5.76 Å². The predicted octanol–water partition coefficient (Wildman–Crippen LogP) is 2.82. The molecule has 3 nitrogen and oxygen atoms in total. The number of aromatic nitrogens is 1. The Labute approximate surface area is 95.0 Å². The van der Waals surface area contributed by atoms with Crippen LogP contribution in [0.15, 0.2) is 35.0 Å². The lowest BCUT2D eigenvalue weighted by Crippen LogP contribution is -2.07. The van der Waals surface area contributed by atoms with Crippen molar-refractivity contribution < 1.29 is 17.7 Å². The molecule has 0 saturated heterocycles. The van der Waals surface area contributed by atoms with E-state index in [0.29, 0.717) is 5.56 Å². The third-order valence-corrected chi connectivity index (χ3v) is 2.34. The van der Waals surface area contributed by atoms with Gasteiger partial charge in [0.25, 0.3) is 0 Å². The average Bonchev–Trinajstić information content (AvgIpc) is 2.75. The summed E-state index contributed by atoms with van der Waals surface area (Å²) >= 11 is 0. The summed E-state index contributed by atoms with van der Waals surface area (Å²) < 4.78 is 43.2. The van der Waals surface area contributed by atoms with Crippen molar-refractivity contribution in [2.24, 2.45) is 5.73 Å². The Kier molecular flexibility index (Phi) is 2.89. The van der Waals surface area contributed by atoms with Gasteiger partial charge in [-0.25, -0.2) is 0 Å². The van der Waals surface area contributed by atoms with Crippen LogP contribution >= 0.6 is 0 Å². The highest BCUT2D eigenvalue weighted by atomic mass is 19.4. The molecule has 6 heteroatoms. The number of halogens is 3. The molecule has 0 bridgehead atoms. The van der Waals surface area contributed by atoms with Crippen LogP contribution in [0.1, 0.15) is 11.1 Å². The molecule has 2 aromatic rings. The number of nitrogens with zero attached hydrogens (tertiary/aromatic N) is 1. The highest BCUT2D eigenvalue weighted by Crippen LogP contribution is 2.37. The molecule has 0 fully saturated rings. The summed E-state index contributed by atoms with van der Waals surface area (Å²) in [6.07, 6.45) is -3.11. The lowest BCUT2D eigenvalue weighted by atomic mass is 10.0. The molecule has 2 rings (SSSR count). The first kappa shape index (κ1) is 11.7. The summed E-state index contributed by atoms with van der Waals surface area (Å²) in [5.74, 6) is 0.0698. The smallest absolute Gasteiger partial charge is 0.356 e. The Morgan fingerprint density at radius 1 is 1.24 bits per heavy atom. The monoisotopic (exact) mass is 242 g/mol. The van der Waals surface area contributed by atoms with Crippen molar-refractivity contribution in [3.05, 3.63) is 41.6 Å². The Morgan fingerprint density at radius 2 is 1.94 bits per heavy atom. The summed E-state index contributed by atoms with van der Waals surface area (Å²) in [4.78, 5) is 0. The first-order valence-electron chi connectivity index (χ1n) is 4.84. The zero-order valence-electron chi connectivity index (χ0n) is 8.66. The lowest BCUT2D eigenvalue weighted by Gasteiger charge is -2.10. The molecule has 0 amide bonds. The van der Waals surface area contributed by atoms with Crippen molar-refractivity contribution in [2.45, 2.75) is 12.7 Å². The molecule has 17 heavy (non-hydrogen) atoms. The second-order valence-electron chi connectivity index (χ2n) is 3.43. The van der Waals surface area contributed by atoms with Gasteiger partial charge in [0, 0.05) is 17.7 Å². The molecule has 2 N–H and O–H groups in total. The van der Waals surface area contributed by atoms with Crippen LogP contribution in [0.2, 0.25) is 0 Å². The number of nitrogens with two attached hydrogens (primary N) is 1. The Hall–Kier alpha value is -1.82. The summed E-state index contributed by atoms with van der Waals surface area (Å²) in [6.45, 7) is 0.0744. The fourth-order valence-corrected chi connectivity index (χ4v) is 1.56. The van der Waals surface area contributed by atoms with Crippen LogP contribution in [0, 0.1) is 0 Å². The molecule has 0 unspecified atom stereocenters. The first-order chi connectivity index (χ1) is 8.04. The van der Waals surface area contributed by atoms with E-state index < -0.39 is 11.7 Å². The normalized spacial score (nSPS) is 11.8. The Balaban J connectivity index is 2.60. The maximum Gasteiger partial charge on any atom is 0.417 e. The number of rotatable bonds is 2. The maximum atomic E-state index is 12.8. The van der Waals surface area contributed by atoms with Crippen LogP contribution in [-0.2, 0) is 12.7 Å². The number of hydrogen-bond donors (Lipinski definition) is 1. The van der Waals surface area contributed by atoms with Gasteiger partial charge < -0.3 is 10.3 Å². The number of alkyl halides is 3. The molecular weight excluding hydrogens is 233 g/mol. The van der Waals surface area contributed by atoms with E-state index in [-0.39, 0.29) is 17.9 Å². The van der Waals surface area contributed by atoms with Crippen LogP contribution in [-0.4, -0.2) is 5.16 Å². The third kappa shape index (κ3) is 2.16. The highest BCUT2D eigenvalue weighted by molar-refractivity contribution is 5.65. The van der Waals surface area contributed by atoms with Crippen LogP contribution in [0.3, 0.4) is 0 Å². The van der Waals surface area contributed by atoms with Crippen LogP contribution in [0.25, 0.3) is 11.3 Å². The van der Waals surface area contributed by atoms with Gasteiger partial charge in [0.2, 0.25) is 0 Å². The largest absolute Gasteiger partial charge is 0.417 e. The van der Waals surface area contributed by atoms with Crippen molar-refractivity contribution in [1.29, 1.82) is 0 Å². The summed E-state index contributed by atoms with van der Waals surface area (Å²) in [5, 5.41) is 3.47. The second-order valence-corrected chi connectivity index (χ2v) is 3.43. The van der Waals surface area contributed by atoms with Gasteiger partial charge in [-0.1, -0.05) is 23.4 Å². The zero-order valence-corrected chi connectivity index (χ0v) is 8.66. The molecule has 0 aliphatic heterocycles. The molecule has 0 spiro atoms. The fraction of sp³-hybridized carbons (Fsp3) is 0.182. The summed E-state index contributed by atoms with van der Waals surface area (Å²) in [5.41, 5.74) is 5.05. The van der Waals surface area contributed by atoms with Gasteiger partial charge in [-0.3, -0.25) is 0 Å². The van der Waals surface area contributed by atoms with Crippen molar-refractivity contribution in [3.8, 4) is 11.3 Å². The molecular formula is C11H9F3N2O. The fourth-order valence-electron chi connectivity index (χ4n) is 1.56. The minimum atomic E-state index is -4.44. The zero-order chi connectivity index (χ0) is 12.5. The van der Waals surface area contributed by atoms with Gasteiger partial charge in [-0.05, 0) is 6.07 Å². The number of benzene rings is 1. The van der Waals surface area contributed by atoms with E-state index in [0.717, 1.165) is 6.07 Å². The topological polar surface area (TPSA) is 52.0 Å². The molecule has 1 aromatic heterocycles. The van der Waals surface area contributed by atoms with Crippen molar-refractivity contribution in [3.63, 3.8) is 0 Å². The summed E-state index contributed by atoms with van der Waals surface area (Å²) in [6, 6.07) is 5.17. The molecule has 0 saturated carbocycles. The Bertz CT molecular complexity index is 519. The number of hydrogen-bond acceptors (Lipinski definition) is 3. The molecule has 0 aliphatic carbocycles. The van der Waals surface area contributed by atoms with E-state index in [1.165, 1.54) is 24.4 Å². The molecule has 90 valence electrons. The Morgan fingerprint density at radius 3 is 2.59 bits per heavy atom. The van der Waals surface area contributed by atoms with Gasteiger partial charge in [-0.15, -0.1) is 0 Å². The average molecular weight is 242 g/mol. The van der Waals surface area contributed by atoms with Crippen molar-refractivity contribution in [2.75, 3.05) is 0 Å². The van der Waals surface area contributed by atoms with Gasteiger partial charge in [-0.2, -0.15) is 13.2 Å². The minimum Gasteiger partial charge on any atom is -0.356 e. The van der Waals surface area contributed by atoms with Crippen LogP contribution < -0.4 is 5.73 Å². The molecule has 0 aliphatic rings. The lowest BCUT2D eigenvalue weighted by molar-refractivity contribution is -0.137. The van der Waals surface area contributed by atoms with E-state index >= 15 is 0 Å². The predicted molar refractivity (Wildman–Crippen MR) is 54.8 cm³/mol. The molecule has 0 radical (unpaired) electrons. The molecule has 0 atom stereocenters. The molecule has 1 heterocycles. The summed E-state index contributed by atoms with van der Waals surface area (Å²) in [7, 11) is 0. The molecule has 1 aromatic carbocycles. The highest BCUT2D eigenvalue weighted by Gasteiger charge is 2.34. The van der Waals surface area contributed by atoms with E-state index in [1.807, 2.05) is 0 Å². The van der Waals surface area contributed by atoms with Gasteiger partial charge in [0.05, 0.1) is 11.8 Å². The third-order valence-electron chi connectivity index (χ3n) is 2.34. The van der Waals surface area contributed by atoms with Crippen LogP contribution in [0.5, 0.6) is 0 Å². The first-order valence-corrected chi connectivity index (χ1v) is 4.84. The second kappa shape index (κ2) is 4.21. The quantitative estimate of drug-likeness (QED) is 0.880. The maximum absolute atomic E-state index is 12.8. The SMILES string of the molecule is NCc1cnoc1-c1ccccc1C(F)(F)F. The minimum absolute atomic E-state index is 0.0436. The van der Waals surface area contributed by atoms with Gasteiger partial charge >= 0.3 is 6.18 Å². The van der Waals surface area contributed by atoms with Crippen molar-refractivity contribution in [1.82, 2.24) is 5.16 Å². The van der Waals surface area contributed by atoms with E-state index in [4.69, 9.17) is 10.3 Å². The van der Waals surface area contributed by atoms with E-state index in [1.54, 1.807) is 0 Å². The van der Waals surface area contributed by atoms with Crippen molar-refractivity contribution >= 4 is 0 Å².